The van der Waals surface area contributed by atoms with E-state index in [1.807, 2.05) is 25.1 Å². The van der Waals surface area contributed by atoms with Crippen molar-refractivity contribution in [3.63, 3.8) is 0 Å². The molecule has 0 fully saturated rings. The van der Waals surface area contributed by atoms with Gasteiger partial charge in [0.2, 0.25) is 11.9 Å². The van der Waals surface area contributed by atoms with E-state index in [0.717, 1.165) is 27.2 Å². The Bertz CT molecular complexity index is 570. The minimum absolute atomic E-state index is 0.145. The van der Waals surface area contributed by atoms with E-state index in [4.69, 9.17) is 9.47 Å². The fraction of sp³-hybridized carbons (Fsp3) is 0.333. The zero-order valence-electron chi connectivity index (χ0n) is 10.1. The lowest BCUT2D eigenvalue weighted by molar-refractivity contribution is 0.174. The van der Waals surface area contributed by atoms with Crippen molar-refractivity contribution < 1.29 is 9.47 Å². The Kier molecular flexibility index (Phi) is 2.79. The van der Waals surface area contributed by atoms with Crippen LogP contribution < -0.4 is 14.8 Å². The fourth-order valence-electron chi connectivity index (χ4n) is 1.81. The highest BCUT2D eigenvalue weighted by atomic mass is 32.1. The van der Waals surface area contributed by atoms with Crippen molar-refractivity contribution in [2.45, 2.75) is 19.9 Å². The minimum atomic E-state index is 0.145. The molecule has 1 unspecified atom stereocenters. The van der Waals surface area contributed by atoms with Crippen LogP contribution in [0.3, 0.4) is 0 Å². The Labute approximate surface area is 109 Å². The monoisotopic (exact) mass is 263 g/mol. The standard InChI is InChI=1S/C12H13N3O2S/c1-7(13-12-15-14-8(2)18-12)9-3-4-10-11(5-9)17-6-16-10/h3-5,7H,6H2,1-2H3,(H,13,15). The van der Waals surface area contributed by atoms with Gasteiger partial charge in [-0.05, 0) is 31.5 Å². The van der Waals surface area contributed by atoms with Gasteiger partial charge in [0.1, 0.15) is 5.01 Å². The minimum Gasteiger partial charge on any atom is -0.454 e. The molecule has 0 bridgehead atoms. The zero-order chi connectivity index (χ0) is 12.5. The number of nitrogens with one attached hydrogen (secondary N) is 1. The lowest BCUT2D eigenvalue weighted by atomic mass is 10.1. The Morgan fingerprint density at radius 3 is 2.89 bits per heavy atom. The highest BCUT2D eigenvalue weighted by Crippen LogP contribution is 2.34. The molecule has 18 heavy (non-hydrogen) atoms. The van der Waals surface area contributed by atoms with E-state index in [1.165, 1.54) is 0 Å². The van der Waals surface area contributed by atoms with Crippen LogP contribution in [0, 0.1) is 6.92 Å². The molecule has 1 atom stereocenters. The van der Waals surface area contributed by atoms with Gasteiger partial charge in [-0.2, -0.15) is 0 Å². The molecule has 0 aliphatic carbocycles. The number of ether oxygens (including phenoxy) is 2. The molecule has 1 aliphatic heterocycles. The normalized spacial score (nSPS) is 14.6. The second kappa shape index (κ2) is 4.45. The van der Waals surface area contributed by atoms with Gasteiger partial charge in [0.15, 0.2) is 11.5 Å². The van der Waals surface area contributed by atoms with E-state index >= 15 is 0 Å². The average Bonchev–Trinajstić information content (AvgIpc) is 2.96. The van der Waals surface area contributed by atoms with Crippen LogP contribution in [-0.4, -0.2) is 17.0 Å². The first-order chi connectivity index (χ1) is 8.72. The molecule has 0 saturated carbocycles. The maximum atomic E-state index is 5.37. The second-order valence-electron chi connectivity index (χ2n) is 4.10. The van der Waals surface area contributed by atoms with Crippen molar-refractivity contribution >= 4 is 16.5 Å². The van der Waals surface area contributed by atoms with E-state index in [-0.39, 0.29) is 6.04 Å². The van der Waals surface area contributed by atoms with Crippen molar-refractivity contribution in [2.24, 2.45) is 0 Å². The molecule has 2 aromatic rings. The van der Waals surface area contributed by atoms with Crippen LogP contribution in [0.25, 0.3) is 0 Å². The third-order valence-corrected chi connectivity index (χ3v) is 3.53. The molecule has 1 aromatic carbocycles. The molecule has 6 heteroatoms. The number of fused-ring (bicyclic) bond motifs is 1. The summed E-state index contributed by atoms with van der Waals surface area (Å²) in [6.07, 6.45) is 0. The summed E-state index contributed by atoms with van der Waals surface area (Å²) in [5, 5.41) is 13.1. The summed E-state index contributed by atoms with van der Waals surface area (Å²) in [4.78, 5) is 0. The van der Waals surface area contributed by atoms with Crippen LogP contribution in [0.4, 0.5) is 5.13 Å². The number of aryl methyl sites for hydroxylation is 1. The van der Waals surface area contributed by atoms with Gasteiger partial charge >= 0.3 is 0 Å². The van der Waals surface area contributed by atoms with E-state index in [9.17, 15) is 0 Å². The van der Waals surface area contributed by atoms with Crippen LogP contribution in [0.15, 0.2) is 18.2 Å². The van der Waals surface area contributed by atoms with Crippen molar-refractivity contribution in [1.82, 2.24) is 10.2 Å². The molecule has 0 saturated heterocycles. The molecule has 2 heterocycles. The molecular formula is C12H13N3O2S. The van der Waals surface area contributed by atoms with Crippen molar-refractivity contribution in [2.75, 3.05) is 12.1 Å². The van der Waals surface area contributed by atoms with E-state index in [1.54, 1.807) is 11.3 Å². The summed E-state index contributed by atoms with van der Waals surface area (Å²) in [5.74, 6) is 1.60. The number of hydrogen-bond acceptors (Lipinski definition) is 6. The largest absolute Gasteiger partial charge is 0.454 e. The first-order valence-corrected chi connectivity index (χ1v) is 6.50. The number of hydrogen-bond donors (Lipinski definition) is 1. The van der Waals surface area contributed by atoms with E-state index < -0.39 is 0 Å². The third-order valence-electron chi connectivity index (χ3n) is 2.76. The summed E-state index contributed by atoms with van der Waals surface area (Å²) < 4.78 is 10.7. The fourth-order valence-corrected chi connectivity index (χ4v) is 2.48. The molecule has 0 spiro atoms. The van der Waals surface area contributed by atoms with E-state index in [2.05, 4.69) is 22.4 Å². The average molecular weight is 263 g/mol. The lowest BCUT2D eigenvalue weighted by Gasteiger charge is -2.13. The first kappa shape index (κ1) is 11.3. The van der Waals surface area contributed by atoms with Gasteiger partial charge in [-0.15, -0.1) is 10.2 Å². The van der Waals surface area contributed by atoms with Crippen molar-refractivity contribution in [3.8, 4) is 11.5 Å². The predicted octanol–water partition coefficient (Wildman–Crippen LogP) is 2.75. The lowest BCUT2D eigenvalue weighted by Crippen LogP contribution is -2.06. The van der Waals surface area contributed by atoms with Gasteiger partial charge in [0, 0.05) is 0 Å². The molecule has 94 valence electrons. The Balaban J connectivity index is 1.78. The summed E-state index contributed by atoms with van der Waals surface area (Å²) in [6, 6.07) is 6.10. The predicted molar refractivity (Wildman–Crippen MR) is 69.2 cm³/mol. The van der Waals surface area contributed by atoms with Gasteiger partial charge in [0.25, 0.3) is 0 Å². The van der Waals surface area contributed by atoms with Gasteiger partial charge < -0.3 is 14.8 Å². The molecular weight excluding hydrogens is 250 g/mol. The third kappa shape index (κ3) is 2.11. The first-order valence-electron chi connectivity index (χ1n) is 5.68. The topological polar surface area (TPSA) is 56.3 Å². The molecule has 1 aliphatic rings. The molecule has 3 rings (SSSR count). The summed E-state index contributed by atoms with van der Waals surface area (Å²) in [6.45, 7) is 4.32. The van der Waals surface area contributed by atoms with Gasteiger partial charge in [-0.3, -0.25) is 0 Å². The maximum absolute atomic E-state index is 5.37. The molecule has 5 nitrogen and oxygen atoms in total. The Morgan fingerprint density at radius 1 is 1.28 bits per heavy atom. The zero-order valence-corrected chi connectivity index (χ0v) is 11.0. The van der Waals surface area contributed by atoms with Crippen LogP contribution in [-0.2, 0) is 0 Å². The Morgan fingerprint density at radius 2 is 2.11 bits per heavy atom. The molecule has 0 amide bonds. The second-order valence-corrected chi connectivity index (χ2v) is 5.29. The van der Waals surface area contributed by atoms with Gasteiger partial charge in [-0.25, -0.2) is 0 Å². The van der Waals surface area contributed by atoms with Crippen molar-refractivity contribution in [1.29, 1.82) is 0 Å². The number of nitrogens with zero attached hydrogens (tertiary/aromatic N) is 2. The van der Waals surface area contributed by atoms with Crippen LogP contribution >= 0.6 is 11.3 Å². The van der Waals surface area contributed by atoms with Crippen LogP contribution in [0.1, 0.15) is 23.5 Å². The SMILES string of the molecule is Cc1nnc(NC(C)c2ccc3c(c2)OCO3)s1. The summed E-state index contributed by atoms with van der Waals surface area (Å²) in [5.41, 5.74) is 1.13. The number of benzene rings is 1. The van der Waals surface area contributed by atoms with Crippen molar-refractivity contribution in [3.05, 3.63) is 28.8 Å². The Hall–Kier alpha value is -1.82. The molecule has 1 aromatic heterocycles. The quantitative estimate of drug-likeness (QED) is 0.922. The maximum Gasteiger partial charge on any atom is 0.231 e. The van der Waals surface area contributed by atoms with E-state index in [0.29, 0.717) is 6.79 Å². The summed E-state index contributed by atoms with van der Waals surface area (Å²) in [7, 11) is 0. The van der Waals surface area contributed by atoms with Crippen LogP contribution in [0.2, 0.25) is 0 Å². The summed E-state index contributed by atoms with van der Waals surface area (Å²) >= 11 is 1.55. The highest BCUT2D eigenvalue weighted by molar-refractivity contribution is 7.15. The highest BCUT2D eigenvalue weighted by Gasteiger charge is 2.16. The van der Waals surface area contributed by atoms with Crippen LogP contribution in [0.5, 0.6) is 11.5 Å². The number of anilines is 1. The molecule has 1 N–H and O–H groups in total. The molecule has 0 radical (unpaired) electrons. The smallest absolute Gasteiger partial charge is 0.231 e. The number of aromatic nitrogens is 2. The van der Waals surface area contributed by atoms with Gasteiger partial charge in [0.05, 0.1) is 6.04 Å². The number of rotatable bonds is 3. The van der Waals surface area contributed by atoms with Gasteiger partial charge in [-0.1, -0.05) is 17.4 Å².